The van der Waals surface area contributed by atoms with Gasteiger partial charge in [0.25, 0.3) is 11.5 Å². The smallest absolute Gasteiger partial charge is 0.263 e. The van der Waals surface area contributed by atoms with Crippen molar-refractivity contribution in [1.29, 1.82) is 0 Å². The number of carbonyl (C=O) groups excluding carboxylic acids is 1. The maximum Gasteiger partial charge on any atom is 0.263 e. The highest BCUT2D eigenvalue weighted by Crippen LogP contribution is 2.08. The fraction of sp³-hybridized carbons (Fsp3) is 0.357. The van der Waals surface area contributed by atoms with E-state index in [1.54, 1.807) is 11.6 Å². The van der Waals surface area contributed by atoms with E-state index in [0.29, 0.717) is 18.2 Å². The van der Waals surface area contributed by atoms with Gasteiger partial charge >= 0.3 is 0 Å². The second-order valence-electron chi connectivity index (χ2n) is 5.29. The SMILES string of the molecule is CCn1ncnc1[C@H](C)NC(=O)c1cnc(Cn2cncn2)[nH]c1=O. The number of amides is 1. The Bertz CT molecular complexity index is 913. The fourth-order valence-corrected chi connectivity index (χ4v) is 2.33. The Morgan fingerprint density at radius 1 is 1.32 bits per heavy atom. The summed E-state index contributed by atoms with van der Waals surface area (Å²) < 4.78 is 3.19. The Kier molecular flexibility index (Phi) is 4.64. The van der Waals surface area contributed by atoms with Gasteiger partial charge in [-0.3, -0.25) is 9.59 Å². The van der Waals surface area contributed by atoms with E-state index in [1.165, 1.54) is 29.9 Å². The first-order valence-corrected chi connectivity index (χ1v) is 7.67. The summed E-state index contributed by atoms with van der Waals surface area (Å²) in [4.78, 5) is 39.1. The van der Waals surface area contributed by atoms with Crippen LogP contribution in [0.3, 0.4) is 0 Å². The summed E-state index contributed by atoms with van der Waals surface area (Å²) in [6, 6.07) is -0.399. The lowest BCUT2D eigenvalue weighted by molar-refractivity contribution is 0.0935. The Balaban J connectivity index is 1.73. The number of aromatic nitrogens is 8. The van der Waals surface area contributed by atoms with Gasteiger partial charge in [0.2, 0.25) is 0 Å². The van der Waals surface area contributed by atoms with Crippen LogP contribution in [0.5, 0.6) is 0 Å². The van der Waals surface area contributed by atoms with Crippen molar-refractivity contribution in [3.8, 4) is 0 Å². The van der Waals surface area contributed by atoms with E-state index in [-0.39, 0.29) is 12.1 Å². The molecule has 0 saturated heterocycles. The largest absolute Gasteiger partial charge is 0.342 e. The highest BCUT2D eigenvalue weighted by Gasteiger charge is 2.18. The van der Waals surface area contributed by atoms with Crippen molar-refractivity contribution in [2.45, 2.75) is 33.0 Å². The Morgan fingerprint density at radius 3 is 2.84 bits per heavy atom. The predicted octanol–water partition coefficient (Wildman–Crippen LogP) is -0.488. The van der Waals surface area contributed by atoms with Crippen LogP contribution in [0.4, 0.5) is 0 Å². The van der Waals surface area contributed by atoms with Gasteiger partial charge in [0, 0.05) is 12.7 Å². The molecule has 0 unspecified atom stereocenters. The molecule has 0 radical (unpaired) electrons. The van der Waals surface area contributed by atoms with Gasteiger partial charge < -0.3 is 10.3 Å². The van der Waals surface area contributed by atoms with Gasteiger partial charge in [0.15, 0.2) is 0 Å². The van der Waals surface area contributed by atoms with E-state index in [0.717, 1.165) is 0 Å². The molecule has 0 aromatic carbocycles. The minimum atomic E-state index is -0.529. The number of nitrogens with one attached hydrogen (secondary N) is 2. The van der Waals surface area contributed by atoms with Crippen molar-refractivity contribution >= 4 is 5.91 Å². The molecule has 1 amide bonds. The van der Waals surface area contributed by atoms with Crippen LogP contribution in [-0.4, -0.2) is 45.4 Å². The number of carbonyl (C=O) groups is 1. The molecule has 25 heavy (non-hydrogen) atoms. The molecule has 0 saturated carbocycles. The van der Waals surface area contributed by atoms with Crippen LogP contribution in [0.25, 0.3) is 0 Å². The van der Waals surface area contributed by atoms with E-state index >= 15 is 0 Å². The van der Waals surface area contributed by atoms with E-state index in [1.807, 2.05) is 6.92 Å². The second kappa shape index (κ2) is 7.03. The van der Waals surface area contributed by atoms with Gasteiger partial charge in [-0.2, -0.15) is 10.2 Å². The van der Waals surface area contributed by atoms with Crippen LogP contribution >= 0.6 is 0 Å². The van der Waals surface area contributed by atoms with E-state index < -0.39 is 17.5 Å². The highest BCUT2D eigenvalue weighted by molar-refractivity contribution is 5.93. The zero-order chi connectivity index (χ0) is 17.8. The molecule has 2 N–H and O–H groups in total. The third kappa shape index (κ3) is 3.59. The minimum Gasteiger partial charge on any atom is -0.342 e. The Morgan fingerprint density at radius 2 is 2.16 bits per heavy atom. The number of H-pyrrole nitrogens is 1. The maximum absolute atomic E-state index is 12.3. The van der Waals surface area contributed by atoms with Gasteiger partial charge in [-0.1, -0.05) is 0 Å². The first kappa shape index (κ1) is 16.5. The third-order valence-electron chi connectivity index (χ3n) is 3.55. The summed E-state index contributed by atoms with van der Waals surface area (Å²) >= 11 is 0. The quantitative estimate of drug-likeness (QED) is 0.616. The monoisotopic (exact) mass is 343 g/mol. The van der Waals surface area contributed by atoms with Crippen LogP contribution < -0.4 is 10.9 Å². The molecule has 3 aromatic heterocycles. The number of rotatable bonds is 6. The van der Waals surface area contributed by atoms with Crippen molar-refractivity contribution in [2.24, 2.45) is 0 Å². The Hall–Kier alpha value is -3.37. The molecule has 3 rings (SSSR count). The average molecular weight is 343 g/mol. The van der Waals surface area contributed by atoms with Crippen LogP contribution in [0.15, 0.2) is 30.0 Å². The molecule has 11 heteroatoms. The van der Waals surface area contributed by atoms with Gasteiger partial charge in [-0.05, 0) is 13.8 Å². The zero-order valence-corrected chi connectivity index (χ0v) is 13.7. The summed E-state index contributed by atoms with van der Waals surface area (Å²) in [5.41, 5.74) is -0.594. The molecular formula is C14H17N9O2. The molecule has 3 heterocycles. The molecule has 0 spiro atoms. The van der Waals surface area contributed by atoms with Gasteiger partial charge in [-0.15, -0.1) is 0 Å². The van der Waals surface area contributed by atoms with Crippen LogP contribution in [0, 0.1) is 0 Å². The van der Waals surface area contributed by atoms with Gasteiger partial charge in [0.05, 0.1) is 6.04 Å². The molecule has 0 fully saturated rings. The van der Waals surface area contributed by atoms with E-state index in [4.69, 9.17) is 0 Å². The lowest BCUT2D eigenvalue weighted by atomic mass is 10.2. The standard InChI is InChI=1S/C14H17N9O2/c1-3-23-12(17-7-19-23)9(2)20-13(24)10-4-16-11(21-14(10)25)5-22-8-15-6-18-22/h4,6-9H,3,5H2,1-2H3,(H,20,24)(H,16,21,25)/t9-/m0/s1. The van der Waals surface area contributed by atoms with E-state index in [2.05, 4.69) is 35.5 Å². The van der Waals surface area contributed by atoms with Crippen LogP contribution in [0.1, 0.15) is 41.9 Å². The zero-order valence-electron chi connectivity index (χ0n) is 13.7. The normalized spacial score (nSPS) is 12.1. The van der Waals surface area contributed by atoms with Gasteiger partial charge in [-0.25, -0.2) is 24.3 Å². The summed E-state index contributed by atoms with van der Waals surface area (Å²) in [6.45, 7) is 4.59. The number of aromatic amines is 1. The lowest BCUT2D eigenvalue weighted by Gasteiger charge is -2.13. The molecule has 0 aliphatic rings. The van der Waals surface area contributed by atoms with Crippen molar-refractivity contribution < 1.29 is 4.79 Å². The number of hydrogen-bond donors (Lipinski definition) is 2. The van der Waals surface area contributed by atoms with E-state index in [9.17, 15) is 9.59 Å². The van der Waals surface area contributed by atoms with Gasteiger partial charge in [0.1, 0.15) is 42.7 Å². The summed E-state index contributed by atoms with van der Waals surface area (Å²) in [5, 5.41) is 10.7. The second-order valence-corrected chi connectivity index (χ2v) is 5.29. The molecule has 0 bridgehead atoms. The summed E-state index contributed by atoms with van der Waals surface area (Å²) in [5.74, 6) is 0.466. The third-order valence-corrected chi connectivity index (χ3v) is 3.55. The molecule has 11 nitrogen and oxygen atoms in total. The summed E-state index contributed by atoms with van der Waals surface area (Å²) in [7, 11) is 0. The van der Waals surface area contributed by atoms with Crippen molar-refractivity contribution in [2.75, 3.05) is 0 Å². The maximum atomic E-state index is 12.3. The highest BCUT2D eigenvalue weighted by atomic mass is 16.2. The van der Waals surface area contributed by atoms with Crippen LogP contribution in [-0.2, 0) is 13.1 Å². The first-order chi connectivity index (χ1) is 12.1. The molecular weight excluding hydrogens is 326 g/mol. The topological polar surface area (TPSA) is 136 Å². The number of hydrogen-bond acceptors (Lipinski definition) is 7. The molecule has 3 aromatic rings. The van der Waals surface area contributed by atoms with Crippen molar-refractivity contribution in [3.05, 3.63) is 52.7 Å². The molecule has 130 valence electrons. The predicted molar refractivity (Wildman–Crippen MR) is 85.6 cm³/mol. The molecule has 0 aliphatic carbocycles. The Labute approximate surface area is 142 Å². The van der Waals surface area contributed by atoms with Crippen molar-refractivity contribution in [3.63, 3.8) is 0 Å². The minimum absolute atomic E-state index is 0.0724. The van der Waals surface area contributed by atoms with Crippen LogP contribution in [0.2, 0.25) is 0 Å². The fourth-order valence-electron chi connectivity index (χ4n) is 2.33. The summed E-state index contributed by atoms with van der Waals surface area (Å²) in [6.07, 6.45) is 5.56. The number of nitrogens with zero attached hydrogens (tertiary/aromatic N) is 7. The molecule has 0 aliphatic heterocycles. The number of aryl methyl sites for hydroxylation is 1. The lowest BCUT2D eigenvalue weighted by Crippen LogP contribution is -2.33. The average Bonchev–Trinajstić information content (AvgIpc) is 3.25. The first-order valence-electron chi connectivity index (χ1n) is 7.67. The van der Waals surface area contributed by atoms with Crippen molar-refractivity contribution in [1.82, 2.24) is 44.8 Å². The molecule has 1 atom stereocenters.